The van der Waals surface area contributed by atoms with Crippen LogP contribution in [0, 0.1) is 0 Å². The van der Waals surface area contributed by atoms with Gasteiger partial charge in [-0.3, -0.25) is 4.79 Å². The second-order valence-corrected chi connectivity index (χ2v) is 13.6. The van der Waals surface area contributed by atoms with Gasteiger partial charge in [-0.05, 0) is 57.8 Å². The average molecular weight is 664 g/mol. The molecular formula is C41H77NO5. The Morgan fingerprint density at radius 1 is 0.511 bits per heavy atom. The molecule has 0 saturated heterocycles. The summed E-state index contributed by atoms with van der Waals surface area (Å²) in [5.41, 5.74) is 0. The molecule has 0 aromatic rings. The maximum atomic E-state index is 12.5. The first-order valence-electron chi connectivity index (χ1n) is 19.9. The van der Waals surface area contributed by atoms with Crippen LogP contribution in [0.2, 0.25) is 0 Å². The zero-order valence-electron chi connectivity index (χ0n) is 30.8. The second-order valence-electron chi connectivity index (χ2n) is 13.6. The first-order chi connectivity index (χ1) is 23.0. The number of unbranched alkanes of at least 4 members (excludes halogenated alkanes) is 20. The molecule has 0 aliphatic rings. The maximum Gasteiger partial charge on any atom is 0.249 e. The Morgan fingerprint density at radius 3 is 1.32 bits per heavy atom. The van der Waals surface area contributed by atoms with Gasteiger partial charge >= 0.3 is 0 Å². The number of nitrogens with one attached hydrogen (secondary N) is 1. The van der Waals surface area contributed by atoms with Gasteiger partial charge in [-0.15, -0.1) is 0 Å². The molecule has 4 atom stereocenters. The van der Waals surface area contributed by atoms with Gasteiger partial charge in [-0.2, -0.15) is 0 Å². The molecule has 0 aromatic heterocycles. The Labute approximate surface area is 290 Å². The van der Waals surface area contributed by atoms with Gasteiger partial charge in [0.25, 0.3) is 0 Å². The molecule has 0 fully saturated rings. The Morgan fingerprint density at radius 2 is 0.894 bits per heavy atom. The fraction of sp³-hybridized carbons (Fsp3) is 0.829. The SMILES string of the molecule is CCCC/C=C/CC/C=C/CC/C=C/CCCC(O)C(O)C(CO)NC(=O)C(O)CCCCCCCCCCCCCCCCCC. The minimum atomic E-state index is -1.29. The van der Waals surface area contributed by atoms with Crippen molar-refractivity contribution in [2.45, 2.75) is 212 Å². The molecule has 47 heavy (non-hydrogen) atoms. The van der Waals surface area contributed by atoms with Crippen molar-refractivity contribution in [3.63, 3.8) is 0 Å². The van der Waals surface area contributed by atoms with Gasteiger partial charge in [0.15, 0.2) is 0 Å². The van der Waals surface area contributed by atoms with Crippen molar-refractivity contribution in [1.82, 2.24) is 5.32 Å². The highest BCUT2D eigenvalue weighted by Crippen LogP contribution is 2.15. The molecule has 6 nitrogen and oxygen atoms in total. The van der Waals surface area contributed by atoms with E-state index in [1.807, 2.05) is 0 Å². The molecular weight excluding hydrogens is 586 g/mol. The van der Waals surface area contributed by atoms with Crippen molar-refractivity contribution in [3.8, 4) is 0 Å². The highest BCUT2D eigenvalue weighted by Gasteiger charge is 2.28. The Kier molecular flexibility index (Phi) is 34.7. The zero-order chi connectivity index (χ0) is 34.6. The summed E-state index contributed by atoms with van der Waals surface area (Å²) < 4.78 is 0. The lowest BCUT2D eigenvalue weighted by molar-refractivity contribution is -0.132. The summed E-state index contributed by atoms with van der Waals surface area (Å²) >= 11 is 0. The number of aliphatic hydroxyl groups excluding tert-OH is 4. The first-order valence-corrected chi connectivity index (χ1v) is 19.9. The van der Waals surface area contributed by atoms with Crippen LogP contribution >= 0.6 is 0 Å². The Balaban J connectivity index is 3.86. The largest absolute Gasteiger partial charge is 0.394 e. The summed E-state index contributed by atoms with van der Waals surface area (Å²) in [7, 11) is 0. The van der Waals surface area contributed by atoms with E-state index in [1.54, 1.807) is 0 Å². The summed E-state index contributed by atoms with van der Waals surface area (Å²) in [6, 6.07) is -1.01. The zero-order valence-corrected chi connectivity index (χ0v) is 30.8. The van der Waals surface area contributed by atoms with E-state index in [4.69, 9.17) is 0 Å². The first kappa shape index (κ1) is 45.5. The predicted octanol–water partition coefficient (Wildman–Crippen LogP) is 9.79. The standard InChI is InChI=1S/C41H77NO5/c1-3-5-7-9-11-13-15-17-19-21-23-25-27-29-31-33-35-39(45)41(47)42-37(36-43)40(46)38(44)34-32-30-28-26-24-22-20-18-16-14-12-10-8-6-4-2/h10,12,18,20,26,28,37-40,43-46H,3-9,11,13-17,19,21-25,27,29-36H2,1-2H3,(H,42,47)/b12-10+,20-18+,28-26+. The number of aliphatic hydroxyl groups is 4. The van der Waals surface area contributed by atoms with Crippen LogP contribution in [-0.2, 0) is 4.79 Å². The number of allylic oxidation sites excluding steroid dienone is 6. The summed E-state index contributed by atoms with van der Waals surface area (Å²) in [5, 5.41) is 43.5. The lowest BCUT2D eigenvalue weighted by Crippen LogP contribution is -2.53. The summed E-state index contributed by atoms with van der Waals surface area (Å²) in [6.45, 7) is 3.98. The molecule has 0 rings (SSSR count). The smallest absolute Gasteiger partial charge is 0.249 e. The molecule has 0 saturated carbocycles. The van der Waals surface area contributed by atoms with Crippen LogP contribution in [0.5, 0.6) is 0 Å². The molecule has 276 valence electrons. The fourth-order valence-corrected chi connectivity index (χ4v) is 5.83. The van der Waals surface area contributed by atoms with E-state index in [1.165, 1.54) is 103 Å². The van der Waals surface area contributed by atoms with Crippen LogP contribution in [0.1, 0.15) is 187 Å². The summed E-state index contributed by atoms with van der Waals surface area (Å²) in [4.78, 5) is 12.5. The fourth-order valence-electron chi connectivity index (χ4n) is 5.83. The van der Waals surface area contributed by atoms with E-state index >= 15 is 0 Å². The monoisotopic (exact) mass is 664 g/mol. The third-order valence-corrected chi connectivity index (χ3v) is 9.06. The van der Waals surface area contributed by atoms with E-state index in [9.17, 15) is 25.2 Å². The average Bonchev–Trinajstić information content (AvgIpc) is 3.07. The lowest BCUT2D eigenvalue weighted by Gasteiger charge is -2.27. The predicted molar refractivity (Wildman–Crippen MR) is 200 cm³/mol. The van der Waals surface area contributed by atoms with Crippen molar-refractivity contribution in [1.29, 1.82) is 0 Å². The van der Waals surface area contributed by atoms with Crippen LogP contribution in [0.15, 0.2) is 36.5 Å². The topological polar surface area (TPSA) is 110 Å². The van der Waals surface area contributed by atoms with Crippen LogP contribution in [0.25, 0.3) is 0 Å². The molecule has 0 aliphatic carbocycles. The van der Waals surface area contributed by atoms with Gasteiger partial charge in [-0.1, -0.05) is 166 Å². The third-order valence-electron chi connectivity index (χ3n) is 9.06. The highest BCUT2D eigenvalue weighted by molar-refractivity contribution is 5.80. The van der Waals surface area contributed by atoms with Crippen LogP contribution < -0.4 is 5.32 Å². The van der Waals surface area contributed by atoms with Crippen LogP contribution in [0.4, 0.5) is 0 Å². The van der Waals surface area contributed by atoms with E-state index in [-0.39, 0.29) is 0 Å². The van der Waals surface area contributed by atoms with Gasteiger partial charge in [0.2, 0.25) is 5.91 Å². The van der Waals surface area contributed by atoms with Gasteiger partial charge in [0.1, 0.15) is 12.2 Å². The van der Waals surface area contributed by atoms with E-state index in [0.717, 1.165) is 51.4 Å². The maximum absolute atomic E-state index is 12.5. The van der Waals surface area contributed by atoms with Crippen molar-refractivity contribution in [3.05, 3.63) is 36.5 Å². The van der Waals surface area contributed by atoms with Crippen LogP contribution in [-0.4, -0.2) is 57.3 Å². The van der Waals surface area contributed by atoms with Crippen LogP contribution in [0.3, 0.4) is 0 Å². The molecule has 0 bridgehead atoms. The highest BCUT2D eigenvalue weighted by atomic mass is 16.3. The number of rotatable bonds is 35. The molecule has 6 heteroatoms. The number of carbonyl (C=O) groups is 1. The minimum absolute atomic E-state index is 0.361. The molecule has 0 radical (unpaired) electrons. The Bertz CT molecular complexity index is 752. The quantitative estimate of drug-likeness (QED) is 0.0343. The molecule has 0 aliphatic heterocycles. The molecule has 5 N–H and O–H groups in total. The molecule has 0 heterocycles. The van der Waals surface area contributed by atoms with E-state index in [2.05, 4.69) is 55.6 Å². The van der Waals surface area contributed by atoms with Gasteiger partial charge in [0, 0.05) is 0 Å². The molecule has 4 unspecified atom stereocenters. The number of amides is 1. The summed E-state index contributed by atoms with van der Waals surface area (Å²) in [6.07, 6.45) is 40.2. The number of hydrogen-bond acceptors (Lipinski definition) is 5. The lowest BCUT2D eigenvalue weighted by atomic mass is 10.00. The molecule has 0 spiro atoms. The molecule has 1 amide bonds. The van der Waals surface area contributed by atoms with Crippen molar-refractivity contribution in [2.24, 2.45) is 0 Å². The van der Waals surface area contributed by atoms with Crippen molar-refractivity contribution < 1.29 is 25.2 Å². The van der Waals surface area contributed by atoms with E-state index < -0.39 is 36.9 Å². The van der Waals surface area contributed by atoms with Gasteiger partial charge in [0.05, 0.1) is 18.8 Å². The number of carbonyl (C=O) groups excluding carboxylic acids is 1. The minimum Gasteiger partial charge on any atom is -0.394 e. The normalized spacial score (nSPS) is 14.8. The van der Waals surface area contributed by atoms with Crippen molar-refractivity contribution in [2.75, 3.05) is 6.61 Å². The molecule has 0 aromatic carbocycles. The van der Waals surface area contributed by atoms with Crippen molar-refractivity contribution >= 4 is 5.91 Å². The van der Waals surface area contributed by atoms with E-state index in [0.29, 0.717) is 19.3 Å². The third kappa shape index (κ3) is 30.3. The van der Waals surface area contributed by atoms with Gasteiger partial charge in [-0.25, -0.2) is 0 Å². The number of hydrogen-bond donors (Lipinski definition) is 5. The second kappa shape index (κ2) is 35.8. The van der Waals surface area contributed by atoms with Gasteiger partial charge < -0.3 is 25.7 Å². The summed E-state index contributed by atoms with van der Waals surface area (Å²) in [5.74, 6) is -0.600. The Hall–Kier alpha value is -1.47.